The largest absolute Gasteiger partial charge is 0.359 e. The van der Waals surface area contributed by atoms with Crippen molar-refractivity contribution in [2.45, 2.75) is 58.9 Å². The molecule has 2 aromatic heterocycles. The summed E-state index contributed by atoms with van der Waals surface area (Å²) in [5, 5.41) is 10.5. The van der Waals surface area contributed by atoms with E-state index in [1.807, 2.05) is 13.1 Å². The van der Waals surface area contributed by atoms with Crippen LogP contribution in [0.2, 0.25) is 0 Å². The maximum Gasteiger partial charge on any atom is 0.233 e. The third-order valence-corrected chi connectivity index (χ3v) is 7.24. The van der Waals surface area contributed by atoms with Crippen molar-refractivity contribution in [2.75, 3.05) is 13.6 Å². The SMILES string of the molecule is CNC(=O)[C@H]1CC[C@](C)(c2nc(-c3c(C)ncc4c3CCNC4)no2)C1(C)C. The van der Waals surface area contributed by atoms with Gasteiger partial charge in [0.2, 0.25) is 17.6 Å². The van der Waals surface area contributed by atoms with Crippen molar-refractivity contribution in [1.29, 1.82) is 0 Å². The van der Waals surface area contributed by atoms with Gasteiger partial charge < -0.3 is 15.2 Å². The summed E-state index contributed by atoms with van der Waals surface area (Å²) in [6.45, 7) is 10.2. The highest BCUT2D eigenvalue weighted by molar-refractivity contribution is 5.80. The molecule has 1 fully saturated rings. The van der Waals surface area contributed by atoms with Gasteiger partial charge in [-0.15, -0.1) is 0 Å². The van der Waals surface area contributed by atoms with Crippen LogP contribution in [0.25, 0.3) is 11.4 Å². The average molecular weight is 383 g/mol. The van der Waals surface area contributed by atoms with Gasteiger partial charge in [0.05, 0.1) is 5.41 Å². The first kappa shape index (κ1) is 19.1. The topological polar surface area (TPSA) is 92.9 Å². The van der Waals surface area contributed by atoms with Crippen LogP contribution in [0.3, 0.4) is 0 Å². The summed E-state index contributed by atoms with van der Waals surface area (Å²) < 4.78 is 5.81. The van der Waals surface area contributed by atoms with E-state index in [0.29, 0.717) is 11.7 Å². The Morgan fingerprint density at radius 2 is 2.14 bits per heavy atom. The molecule has 2 aliphatic rings. The summed E-state index contributed by atoms with van der Waals surface area (Å²) in [7, 11) is 1.70. The van der Waals surface area contributed by atoms with E-state index in [0.717, 1.165) is 43.6 Å². The molecule has 2 N–H and O–H groups in total. The first-order chi connectivity index (χ1) is 13.3. The van der Waals surface area contributed by atoms with Crippen LogP contribution in [0, 0.1) is 18.3 Å². The lowest BCUT2D eigenvalue weighted by Crippen LogP contribution is -2.43. The maximum absolute atomic E-state index is 12.4. The molecule has 2 aromatic rings. The fourth-order valence-corrected chi connectivity index (χ4v) is 4.93. The van der Waals surface area contributed by atoms with E-state index < -0.39 is 0 Å². The summed E-state index contributed by atoms with van der Waals surface area (Å²) in [6.07, 6.45) is 4.53. The van der Waals surface area contributed by atoms with Gasteiger partial charge in [0.1, 0.15) is 0 Å². The van der Waals surface area contributed by atoms with Crippen LogP contribution >= 0.6 is 0 Å². The van der Waals surface area contributed by atoms with E-state index >= 15 is 0 Å². The fourth-order valence-electron chi connectivity index (χ4n) is 4.93. The van der Waals surface area contributed by atoms with E-state index in [4.69, 9.17) is 9.51 Å². The summed E-state index contributed by atoms with van der Waals surface area (Å²) in [4.78, 5) is 21.8. The molecule has 150 valence electrons. The van der Waals surface area contributed by atoms with Crippen molar-refractivity contribution < 1.29 is 9.32 Å². The standard InChI is InChI=1S/C21H29N5O2/c1-12-16(14-7-9-23-10-13(14)11-24-12)17-25-19(28-26-17)21(4)8-6-15(18(27)22-5)20(21,2)3/h11,15,23H,6-10H2,1-5H3,(H,22,27)/t15-,21-/m1/s1. The molecular formula is C21H29N5O2. The predicted molar refractivity (Wildman–Crippen MR) is 106 cm³/mol. The lowest BCUT2D eigenvalue weighted by atomic mass is 9.65. The van der Waals surface area contributed by atoms with Gasteiger partial charge in [-0.1, -0.05) is 25.9 Å². The van der Waals surface area contributed by atoms with E-state index in [1.54, 1.807) is 7.05 Å². The number of nitrogens with one attached hydrogen (secondary N) is 2. The van der Waals surface area contributed by atoms with Gasteiger partial charge in [0, 0.05) is 37.0 Å². The van der Waals surface area contributed by atoms with Crippen molar-refractivity contribution in [3.8, 4) is 11.4 Å². The quantitative estimate of drug-likeness (QED) is 0.846. The Labute approximate surface area is 165 Å². The molecule has 7 nitrogen and oxygen atoms in total. The summed E-state index contributed by atoms with van der Waals surface area (Å²) >= 11 is 0. The van der Waals surface area contributed by atoms with E-state index in [2.05, 4.69) is 41.5 Å². The Bertz CT molecular complexity index is 920. The number of nitrogens with zero attached hydrogens (tertiary/aromatic N) is 3. The number of aromatic nitrogens is 3. The molecule has 28 heavy (non-hydrogen) atoms. The minimum absolute atomic E-state index is 0.0724. The van der Waals surface area contributed by atoms with Crippen molar-refractivity contribution in [1.82, 2.24) is 25.8 Å². The van der Waals surface area contributed by atoms with Crippen LogP contribution in [-0.4, -0.2) is 34.6 Å². The molecule has 0 spiro atoms. The molecule has 1 aliphatic heterocycles. The van der Waals surface area contributed by atoms with Crippen molar-refractivity contribution in [2.24, 2.45) is 11.3 Å². The zero-order valence-electron chi connectivity index (χ0n) is 17.3. The molecular weight excluding hydrogens is 354 g/mol. The van der Waals surface area contributed by atoms with Gasteiger partial charge in [-0.25, -0.2) is 0 Å². The predicted octanol–water partition coefficient (Wildman–Crippen LogP) is 2.53. The first-order valence-electron chi connectivity index (χ1n) is 10.0. The second kappa shape index (κ2) is 6.65. The number of fused-ring (bicyclic) bond motifs is 1. The summed E-state index contributed by atoms with van der Waals surface area (Å²) in [6, 6.07) is 0. The molecule has 7 heteroatoms. The highest BCUT2D eigenvalue weighted by Crippen LogP contribution is 2.56. The van der Waals surface area contributed by atoms with Gasteiger partial charge in [-0.05, 0) is 49.3 Å². The van der Waals surface area contributed by atoms with Gasteiger partial charge in [-0.3, -0.25) is 9.78 Å². The van der Waals surface area contributed by atoms with Crippen LogP contribution in [0.4, 0.5) is 0 Å². The number of carbonyl (C=O) groups excluding carboxylic acids is 1. The number of aryl methyl sites for hydroxylation is 1. The third kappa shape index (κ3) is 2.67. The molecule has 3 heterocycles. The molecule has 1 aliphatic carbocycles. The van der Waals surface area contributed by atoms with Gasteiger partial charge in [0.15, 0.2) is 0 Å². The number of carbonyl (C=O) groups is 1. The van der Waals surface area contributed by atoms with Crippen molar-refractivity contribution in [3.63, 3.8) is 0 Å². The van der Waals surface area contributed by atoms with Gasteiger partial charge >= 0.3 is 0 Å². The van der Waals surface area contributed by atoms with Crippen LogP contribution < -0.4 is 10.6 Å². The number of hydrogen-bond acceptors (Lipinski definition) is 6. The minimum atomic E-state index is -0.354. The number of amides is 1. The molecule has 0 bridgehead atoms. The van der Waals surface area contributed by atoms with Gasteiger partial charge in [-0.2, -0.15) is 4.98 Å². The lowest BCUT2D eigenvalue weighted by molar-refractivity contribution is -0.128. The highest BCUT2D eigenvalue weighted by Gasteiger charge is 2.57. The molecule has 1 amide bonds. The Morgan fingerprint density at radius 1 is 1.36 bits per heavy atom. The second-order valence-electron chi connectivity index (χ2n) is 8.83. The molecule has 0 saturated heterocycles. The zero-order chi connectivity index (χ0) is 20.1. The van der Waals surface area contributed by atoms with E-state index in [9.17, 15) is 4.79 Å². The Balaban J connectivity index is 1.74. The highest BCUT2D eigenvalue weighted by atomic mass is 16.5. The molecule has 0 aromatic carbocycles. The van der Waals surface area contributed by atoms with Crippen LogP contribution in [0.1, 0.15) is 56.3 Å². The number of rotatable bonds is 3. The molecule has 1 saturated carbocycles. The molecule has 2 atom stereocenters. The first-order valence-corrected chi connectivity index (χ1v) is 10.0. The molecule has 4 rings (SSSR count). The second-order valence-corrected chi connectivity index (χ2v) is 8.83. The lowest BCUT2D eigenvalue weighted by Gasteiger charge is -2.38. The van der Waals surface area contributed by atoms with Crippen LogP contribution in [-0.2, 0) is 23.2 Å². The minimum Gasteiger partial charge on any atom is -0.359 e. The van der Waals surface area contributed by atoms with Crippen molar-refractivity contribution in [3.05, 3.63) is 28.9 Å². The van der Waals surface area contributed by atoms with Crippen LogP contribution in [0.15, 0.2) is 10.7 Å². The molecule has 0 radical (unpaired) electrons. The van der Waals surface area contributed by atoms with Gasteiger partial charge in [0.25, 0.3) is 0 Å². The Morgan fingerprint density at radius 3 is 2.89 bits per heavy atom. The molecule has 0 unspecified atom stereocenters. The fraction of sp³-hybridized carbons (Fsp3) is 0.619. The van der Waals surface area contributed by atoms with E-state index in [1.165, 1.54) is 11.1 Å². The Hall–Kier alpha value is -2.28. The van der Waals surface area contributed by atoms with Crippen molar-refractivity contribution >= 4 is 5.91 Å². The maximum atomic E-state index is 12.4. The third-order valence-electron chi connectivity index (χ3n) is 7.24. The smallest absolute Gasteiger partial charge is 0.233 e. The summed E-state index contributed by atoms with van der Waals surface area (Å²) in [5.74, 6) is 1.24. The number of pyridine rings is 1. The average Bonchev–Trinajstić information content (AvgIpc) is 3.25. The summed E-state index contributed by atoms with van der Waals surface area (Å²) in [5.41, 5.74) is 3.74. The zero-order valence-corrected chi connectivity index (χ0v) is 17.3. The Kier molecular flexibility index (Phi) is 4.53. The van der Waals surface area contributed by atoms with E-state index in [-0.39, 0.29) is 22.7 Å². The number of hydrogen-bond donors (Lipinski definition) is 2. The monoisotopic (exact) mass is 383 g/mol. The normalized spacial score (nSPS) is 26.1. The van der Waals surface area contributed by atoms with Crippen LogP contribution in [0.5, 0.6) is 0 Å².